The maximum atomic E-state index is 11.7. The van der Waals surface area contributed by atoms with Crippen molar-refractivity contribution in [1.29, 1.82) is 0 Å². The third-order valence-corrected chi connectivity index (χ3v) is 4.79. The van der Waals surface area contributed by atoms with Gasteiger partial charge in [0.2, 0.25) is 5.91 Å². The molecule has 2 fully saturated rings. The molecular formula is C19H23F6N3O6. The first-order valence-corrected chi connectivity index (χ1v) is 9.77. The van der Waals surface area contributed by atoms with E-state index in [2.05, 4.69) is 21.3 Å². The lowest BCUT2D eigenvalue weighted by Crippen LogP contribution is -2.47. The van der Waals surface area contributed by atoms with Gasteiger partial charge in [-0.3, -0.25) is 14.7 Å². The standard InChI is InChI=1S/C15H21N3O2.2C2HF3O2/c1-16-15(19)14-5-4-12-13(20-14)6-8-18(12)10-11-3-2-7-17-9-11;2*3-2(4,5)1(6)7/h2-3,7,9,12-14H,4-6,8,10H2,1H3,(H,16,19);2*(H,6,7)/t12-,13-,14-;;/m1../s1. The van der Waals surface area contributed by atoms with Gasteiger partial charge in [0.15, 0.2) is 0 Å². The van der Waals surface area contributed by atoms with Crippen LogP contribution in [0.4, 0.5) is 26.3 Å². The number of alkyl halides is 6. The van der Waals surface area contributed by atoms with Crippen molar-refractivity contribution in [3.05, 3.63) is 30.1 Å². The van der Waals surface area contributed by atoms with E-state index >= 15 is 0 Å². The van der Waals surface area contributed by atoms with Gasteiger partial charge >= 0.3 is 24.3 Å². The highest BCUT2D eigenvalue weighted by molar-refractivity contribution is 5.80. The molecule has 0 aliphatic carbocycles. The van der Waals surface area contributed by atoms with Crippen LogP contribution >= 0.6 is 0 Å². The molecule has 3 rings (SSSR count). The number of hydrogen-bond donors (Lipinski definition) is 3. The molecule has 0 radical (unpaired) electrons. The highest BCUT2D eigenvalue weighted by Gasteiger charge is 2.41. The van der Waals surface area contributed by atoms with E-state index < -0.39 is 24.3 Å². The summed E-state index contributed by atoms with van der Waals surface area (Å²) in [5.74, 6) is -5.51. The Labute approximate surface area is 189 Å². The highest BCUT2D eigenvalue weighted by atomic mass is 19.4. The Morgan fingerprint density at radius 1 is 1.09 bits per heavy atom. The van der Waals surface area contributed by atoms with Crippen molar-refractivity contribution in [2.75, 3.05) is 13.6 Å². The van der Waals surface area contributed by atoms with Crippen molar-refractivity contribution in [3.8, 4) is 0 Å². The predicted octanol–water partition coefficient (Wildman–Crippen LogP) is 2.22. The fraction of sp³-hybridized carbons (Fsp3) is 0.579. The van der Waals surface area contributed by atoms with Gasteiger partial charge in [-0.25, -0.2) is 9.59 Å². The molecule has 2 aliphatic heterocycles. The van der Waals surface area contributed by atoms with E-state index in [9.17, 15) is 31.1 Å². The van der Waals surface area contributed by atoms with Gasteiger partial charge in [-0.2, -0.15) is 26.3 Å². The largest absolute Gasteiger partial charge is 0.490 e. The Kier molecular flexibility index (Phi) is 10.7. The number of ether oxygens (including phenoxy) is 1. The highest BCUT2D eigenvalue weighted by Crippen LogP contribution is 2.32. The van der Waals surface area contributed by atoms with Crippen molar-refractivity contribution >= 4 is 17.8 Å². The van der Waals surface area contributed by atoms with Crippen LogP contribution in [0.2, 0.25) is 0 Å². The van der Waals surface area contributed by atoms with E-state index in [0.717, 1.165) is 32.4 Å². The number of amides is 1. The number of fused-ring (bicyclic) bond motifs is 1. The molecule has 0 aromatic carbocycles. The van der Waals surface area contributed by atoms with Gasteiger partial charge in [-0.1, -0.05) is 6.07 Å². The molecule has 3 atom stereocenters. The van der Waals surface area contributed by atoms with E-state index in [4.69, 9.17) is 24.5 Å². The topological polar surface area (TPSA) is 129 Å². The minimum atomic E-state index is -5.08. The number of carboxylic acids is 2. The van der Waals surface area contributed by atoms with Crippen LogP contribution in [0.15, 0.2) is 24.5 Å². The summed E-state index contributed by atoms with van der Waals surface area (Å²) in [7, 11) is 1.67. The molecule has 3 heterocycles. The fourth-order valence-corrected chi connectivity index (χ4v) is 3.29. The van der Waals surface area contributed by atoms with Crippen LogP contribution in [0.1, 0.15) is 24.8 Å². The number of likely N-dealkylation sites (N-methyl/N-ethyl adjacent to an activating group) is 1. The van der Waals surface area contributed by atoms with E-state index in [1.165, 1.54) is 5.56 Å². The third kappa shape index (κ3) is 9.51. The second-order valence-electron chi connectivity index (χ2n) is 7.15. The van der Waals surface area contributed by atoms with Gasteiger partial charge in [-0.05, 0) is 30.9 Å². The summed E-state index contributed by atoms with van der Waals surface area (Å²) in [4.78, 5) is 36.1. The Morgan fingerprint density at radius 2 is 1.65 bits per heavy atom. The molecule has 34 heavy (non-hydrogen) atoms. The zero-order valence-electron chi connectivity index (χ0n) is 17.8. The maximum Gasteiger partial charge on any atom is 0.490 e. The third-order valence-electron chi connectivity index (χ3n) is 4.79. The van der Waals surface area contributed by atoms with E-state index in [1.54, 1.807) is 13.2 Å². The summed E-state index contributed by atoms with van der Waals surface area (Å²) in [6.07, 6.45) is -3.66. The molecule has 15 heteroatoms. The number of carbonyl (C=O) groups is 3. The number of aromatic nitrogens is 1. The summed E-state index contributed by atoms with van der Waals surface area (Å²) >= 11 is 0. The van der Waals surface area contributed by atoms with Gasteiger partial charge in [0, 0.05) is 38.6 Å². The second-order valence-corrected chi connectivity index (χ2v) is 7.15. The Bertz CT molecular complexity index is 797. The quantitative estimate of drug-likeness (QED) is 0.536. The lowest BCUT2D eigenvalue weighted by atomic mass is 9.98. The number of hydrogen-bond acceptors (Lipinski definition) is 6. The fourth-order valence-electron chi connectivity index (χ4n) is 3.29. The molecule has 0 unspecified atom stereocenters. The number of nitrogens with zero attached hydrogens (tertiary/aromatic N) is 2. The zero-order valence-corrected chi connectivity index (χ0v) is 17.8. The molecule has 2 aliphatic rings. The number of carboxylic acid groups (broad SMARTS) is 2. The van der Waals surface area contributed by atoms with Crippen LogP contribution in [-0.4, -0.2) is 82.1 Å². The van der Waals surface area contributed by atoms with Crippen LogP contribution in [-0.2, 0) is 25.7 Å². The van der Waals surface area contributed by atoms with Crippen LogP contribution < -0.4 is 5.32 Å². The lowest BCUT2D eigenvalue weighted by Gasteiger charge is -2.35. The summed E-state index contributed by atoms with van der Waals surface area (Å²) in [6.45, 7) is 1.95. The zero-order chi connectivity index (χ0) is 26.1. The van der Waals surface area contributed by atoms with Crippen molar-refractivity contribution in [2.24, 2.45) is 0 Å². The molecule has 3 N–H and O–H groups in total. The summed E-state index contributed by atoms with van der Waals surface area (Å²) in [5, 5.41) is 16.9. The molecule has 0 bridgehead atoms. The van der Waals surface area contributed by atoms with Gasteiger partial charge in [-0.15, -0.1) is 0 Å². The summed E-state index contributed by atoms with van der Waals surface area (Å²) in [5.41, 5.74) is 1.24. The molecule has 2 saturated heterocycles. The number of carbonyl (C=O) groups excluding carboxylic acids is 1. The average molecular weight is 503 g/mol. The molecule has 0 spiro atoms. The number of pyridine rings is 1. The average Bonchev–Trinajstić information content (AvgIpc) is 3.15. The number of likely N-dealkylation sites (tertiary alicyclic amines) is 1. The molecule has 1 aromatic rings. The molecule has 1 amide bonds. The molecule has 0 saturated carbocycles. The maximum absolute atomic E-state index is 11.7. The van der Waals surface area contributed by atoms with Crippen LogP contribution in [0.3, 0.4) is 0 Å². The number of rotatable bonds is 3. The smallest absolute Gasteiger partial charge is 0.475 e. The molecule has 192 valence electrons. The molecular weight excluding hydrogens is 480 g/mol. The second kappa shape index (κ2) is 12.5. The van der Waals surface area contributed by atoms with Crippen LogP contribution in [0.5, 0.6) is 0 Å². The summed E-state index contributed by atoms with van der Waals surface area (Å²) < 4.78 is 69.4. The van der Waals surface area contributed by atoms with Gasteiger partial charge in [0.05, 0.1) is 6.10 Å². The van der Waals surface area contributed by atoms with E-state index in [-0.39, 0.29) is 18.1 Å². The predicted molar refractivity (Wildman–Crippen MR) is 102 cm³/mol. The van der Waals surface area contributed by atoms with Crippen molar-refractivity contribution in [3.63, 3.8) is 0 Å². The molecule has 1 aromatic heterocycles. The number of halogens is 6. The minimum Gasteiger partial charge on any atom is -0.475 e. The van der Waals surface area contributed by atoms with Gasteiger partial charge < -0.3 is 20.3 Å². The van der Waals surface area contributed by atoms with Crippen LogP contribution in [0, 0.1) is 0 Å². The SMILES string of the molecule is CNC(=O)[C@H]1CC[C@@H]2[C@@H](CCN2Cc2cccnc2)O1.O=C(O)C(F)(F)F.O=C(O)C(F)(F)F. The Hall–Kier alpha value is -2.94. The van der Waals surface area contributed by atoms with Gasteiger partial charge in [0.25, 0.3) is 0 Å². The number of nitrogens with one attached hydrogen (secondary N) is 1. The minimum absolute atomic E-state index is 0.00848. The lowest BCUT2D eigenvalue weighted by molar-refractivity contribution is -0.193. The van der Waals surface area contributed by atoms with Crippen LogP contribution in [0.25, 0.3) is 0 Å². The van der Waals surface area contributed by atoms with Crippen molar-refractivity contribution in [1.82, 2.24) is 15.2 Å². The first-order valence-electron chi connectivity index (χ1n) is 9.77. The first-order chi connectivity index (χ1) is 15.7. The van der Waals surface area contributed by atoms with Crippen molar-refractivity contribution in [2.45, 2.75) is 56.4 Å². The summed E-state index contributed by atoms with van der Waals surface area (Å²) in [6, 6.07) is 4.52. The van der Waals surface area contributed by atoms with E-state index in [1.807, 2.05) is 12.3 Å². The van der Waals surface area contributed by atoms with Gasteiger partial charge in [0.1, 0.15) is 6.10 Å². The first kappa shape index (κ1) is 29.1. The Balaban J connectivity index is 0.000000343. The normalized spacial score (nSPS) is 22.3. The monoisotopic (exact) mass is 503 g/mol. The van der Waals surface area contributed by atoms with Crippen molar-refractivity contribution < 1.29 is 55.7 Å². The number of aliphatic carboxylic acids is 2. The van der Waals surface area contributed by atoms with E-state index in [0.29, 0.717) is 6.04 Å². The molecule has 9 nitrogen and oxygen atoms in total. The Morgan fingerprint density at radius 3 is 2.09 bits per heavy atom.